The third-order valence-corrected chi connectivity index (χ3v) is 2.64. The normalized spacial score (nSPS) is 9.58. The predicted octanol–water partition coefficient (Wildman–Crippen LogP) is 1.66. The molecule has 1 aromatic rings. The maximum Gasteiger partial charge on any atom is 0.273 e. The van der Waals surface area contributed by atoms with Crippen molar-refractivity contribution in [3.05, 3.63) is 39.4 Å². The standard InChI is InChI=1S/C12H17N3O3.ClH/c1-9-10(5-3-6-11(9)15(17)18)12(16)14-8-4-7-13-2;/h3,5-6,13H,4,7-8H2,1-2H3,(H,14,16);1H. The molecule has 6 nitrogen and oxygen atoms in total. The second kappa shape index (κ2) is 8.44. The zero-order valence-corrected chi connectivity index (χ0v) is 11.8. The molecule has 0 saturated carbocycles. The molecule has 7 heteroatoms. The summed E-state index contributed by atoms with van der Waals surface area (Å²) in [6, 6.07) is 4.51. The first-order valence-corrected chi connectivity index (χ1v) is 5.74. The van der Waals surface area contributed by atoms with Gasteiger partial charge in [-0.05, 0) is 33.0 Å². The van der Waals surface area contributed by atoms with Gasteiger partial charge in [-0.1, -0.05) is 6.07 Å². The number of halogens is 1. The third kappa shape index (κ3) is 4.84. The predicted molar refractivity (Wildman–Crippen MR) is 76.0 cm³/mol. The number of nitro benzene ring substituents is 1. The van der Waals surface area contributed by atoms with E-state index in [0.29, 0.717) is 17.7 Å². The largest absolute Gasteiger partial charge is 0.352 e. The SMILES string of the molecule is CNCCCNC(=O)c1cccc([N+](=O)[O-])c1C.Cl. The second-order valence-corrected chi connectivity index (χ2v) is 3.92. The number of nitro groups is 1. The molecule has 0 atom stereocenters. The van der Waals surface area contributed by atoms with E-state index in [2.05, 4.69) is 10.6 Å². The first-order chi connectivity index (χ1) is 8.57. The van der Waals surface area contributed by atoms with E-state index >= 15 is 0 Å². The Morgan fingerprint density at radius 3 is 2.63 bits per heavy atom. The number of nitrogens with zero attached hydrogens (tertiary/aromatic N) is 1. The summed E-state index contributed by atoms with van der Waals surface area (Å²) in [5.74, 6) is -0.271. The second-order valence-electron chi connectivity index (χ2n) is 3.92. The highest BCUT2D eigenvalue weighted by Gasteiger charge is 2.17. The Morgan fingerprint density at radius 2 is 2.05 bits per heavy atom. The Morgan fingerprint density at radius 1 is 1.37 bits per heavy atom. The number of carbonyl (C=O) groups excluding carboxylic acids is 1. The summed E-state index contributed by atoms with van der Waals surface area (Å²) in [4.78, 5) is 22.1. The molecule has 0 saturated heterocycles. The summed E-state index contributed by atoms with van der Waals surface area (Å²) in [5.41, 5.74) is 0.722. The van der Waals surface area contributed by atoms with Crippen molar-refractivity contribution in [2.24, 2.45) is 0 Å². The van der Waals surface area contributed by atoms with Gasteiger partial charge in [0, 0.05) is 23.7 Å². The van der Waals surface area contributed by atoms with Crippen LogP contribution in [0.15, 0.2) is 18.2 Å². The van der Waals surface area contributed by atoms with Gasteiger partial charge in [-0.2, -0.15) is 0 Å². The maximum absolute atomic E-state index is 11.8. The highest BCUT2D eigenvalue weighted by atomic mass is 35.5. The topological polar surface area (TPSA) is 84.3 Å². The Hall–Kier alpha value is -1.66. The number of amides is 1. The van der Waals surface area contributed by atoms with Crippen LogP contribution in [-0.4, -0.2) is 31.0 Å². The first kappa shape index (κ1) is 17.3. The molecule has 1 amide bonds. The van der Waals surface area contributed by atoms with Crippen molar-refractivity contribution in [1.29, 1.82) is 0 Å². The summed E-state index contributed by atoms with van der Waals surface area (Å²) >= 11 is 0. The van der Waals surface area contributed by atoms with E-state index in [1.54, 1.807) is 13.0 Å². The van der Waals surface area contributed by atoms with Gasteiger partial charge in [-0.25, -0.2) is 0 Å². The first-order valence-electron chi connectivity index (χ1n) is 5.74. The lowest BCUT2D eigenvalue weighted by molar-refractivity contribution is -0.385. The number of benzene rings is 1. The molecule has 106 valence electrons. The lowest BCUT2D eigenvalue weighted by Crippen LogP contribution is -2.27. The fourth-order valence-electron chi connectivity index (χ4n) is 1.63. The quantitative estimate of drug-likeness (QED) is 0.473. The van der Waals surface area contributed by atoms with Crippen LogP contribution in [-0.2, 0) is 0 Å². The molecule has 2 N–H and O–H groups in total. The zero-order valence-electron chi connectivity index (χ0n) is 10.9. The van der Waals surface area contributed by atoms with Crippen LogP contribution in [0, 0.1) is 17.0 Å². The minimum Gasteiger partial charge on any atom is -0.352 e. The lowest BCUT2D eigenvalue weighted by atomic mass is 10.1. The molecule has 1 aromatic carbocycles. The number of nitrogens with one attached hydrogen (secondary N) is 2. The van der Waals surface area contributed by atoms with Crippen LogP contribution in [0.1, 0.15) is 22.3 Å². The average molecular weight is 288 g/mol. The van der Waals surface area contributed by atoms with Crippen molar-refractivity contribution >= 4 is 24.0 Å². The molecule has 0 aliphatic rings. The molecule has 0 bridgehead atoms. The van der Waals surface area contributed by atoms with Gasteiger partial charge >= 0.3 is 0 Å². The Balaban J connectivity index is 0.00000324. The molecule has 19 heavy (non-hydrogen) atoms. The molecular weight excluding hydrogens is 270 g/mol. The van der Waals surface area contributed by atoms with Gasteiger partial charge in [-0.3, -0.25) is 14.9 Å². The Kier molecular flexibility index (Phi) is 7.71. The molecular formula is C12H18ClN3O3. The van der Waals surface area contributed by atoms with E-state index < -0.39 is 4.92 Å². The minimum absolute atomic E-state index is 0. The third-order valence-electron chi connectivity index (χ3n) is 2.64. The van der Waals surface area contributed by atoms with Crippen LogP contribution >= 0.6 is 12.4 Å². The Labute approximate surface area is 118 Å². The number of carbonyl (C=O) groups is 1. The van der Waals surface area contributed by atoms with Crippen molar-refractivity contribution in [1.82, 2.24) is 10.6 Å². The summed E-state index contributed by atoms with van der Waals surface area (Å²) < 4.78 is 0. The summed E-state index contributed by atoms with van der Waals surface area (Å²) in [6.07, 6.45) is 0.816. The van der Waals surface area contributed by atoms with Crippen LogP contribution in [0.3, 0.4) is 0 Å². The van der Waals surface area contributed by atoms with E-state index in [1.807, 2.05) is 7.05 Å². The van der Waals surface area contributed by atoms with Gasteiger partial charge in [0.2, 0.25) is 0 Å². The summed E-state index contributed by atoms with van der Waals surface area (Å²) in [5, 5.41) is 16.5. The number of rotatable bonds is 6. The molecule has 0 heterocycles. The molecule has 0 fully saturated rings. The van der Waals surface area contributed by atoms with Crippen molar-refractivity contribution in [2.45, 2.75) is 13.3 Å². The van der Waals surface area contributed by atoms with Gasteiger partial charge in [0.1, 0.15) is 0 Å². The van der Waals surface area contributed by atoms with Gasteiger partial charge in [0.05, 0.1) is 4.92 Å². The Bertz CT molecular complexity index is 452. The van der Waals surface area contributed by atoms with Gasteiger partial charge < -0.3 is 10.6 Å². The van der Waals surface area contributed by atoms with Gasteiger partial charge in [0.15, 0.2) is 0 Å². The molecule has 0 unspecified atom stereocenters. The van der Waals surface area contributed by atoms with Crippen molar-refractivity contribution in [3.63, 3.8) is 0 Å². The maximum atomic E-state index is 11.8. The fourth-order valence-corrected chi connectivity index (χ4v) is 1.63. The number of hydrogen-bond donors (Lipinski definition) is 2. The monoisotopic (exact) mass is 287 g/mol. The van der Waals surface area contributed by atoms with E-state index in [1.165, 1.54) is 12.1 Å². The van der Waals surface area contributed by atoms with Gasteiger partial charge in [0.25, 0.3) is 11.6 Å². The summed E-state index contributed by atoms with van der Waals surface area (Å²) in [7, 11) is 1.84. The van der Waals surface area contributed by atoms with E-state index in [4.69, 9.17) is 0 Å². The fraction of sp³-hybridized carbons (Fsp3) is 0.417. The molecule has 0 aromatic heterocycles. The van der Waals surface area contributed by atoms with Crippen LogP contribution in [0.25, 0.3) is 0 Å². The smallest absolute Gasteiger partial charge is 0.273 e. The minimum atomic E-state index is -0.479. The van der Waals surface area contributed by atoms with Crippen molar-refractivity contribution < 1.29 is 9.72 Å². The molecule has 0 spiro atoms. The number of hydrogen-bond acceptors (Lipinski definition) is 4. The van der Waals surface area contributed by atoms with Crippen LogP contribution in [0.5, 0.6) is 0 Å². The summed E-state index contributed by atoms with van der Waals surface area (Å²) in [6.45, 7) is 2.94. The molecule has 0 radical (unpaired) electrons. The van der Waals surface area contributed by atoms with Crippen molar-refractivity contribution in [3.8, 4) is 0 Å². The van der Waals surface area contributed by atoms with Gasteiger partial charge in [-0.15, -0.1) is 12.4 Å². The van der Waals surface area contributed by atoms with Crippen molar-refractivity contribution in [2.75, 3.05) is 20.1 Å². The highest BCUT2D eigenvalue weighted by molar-refractivity contribution is 5.96. The average Bonchev–Trinajstić information content (AvgIpc) is 2.34. The van der Waals surface area contributed by atoms with E-state index in [-0.39, 0.29) is 24.0 Å². The molecule has 0 aliphatic carbocycles. The van der Waals surface area contributed by atoms with Crippen LogP contribution in [0.2, 0.25) is 0 Å². The van der Waals surface area contributed by atoms with E-state index in [9.17, 15) is 14.9 Å². The van der Waals surface area contributed by atoms with Crippen LogP contribution < -0.4 is 10.6 Å². The van der Waals surface area contributed by atoms with Crippen LogP contribution in [0.4, 0.5) is 5.69 Å². The van der Waals surface area contributed by atoms with E-state index in [0.717, 1.165) is 13.0 Å². The highest BCUT2D eigenvalue weighted by Crippen LogP contribution is 2.20. The lowest BCUT2D eigenvalue weighted by Gasteiger charge is -2.07. The molecule has 0 aliphatic heterocycles. The molecule has 1 rings (SSSR count). The zero-order chi connectivity index (χ0) is 13.5.